The smallest absolute Gasteiger partial charge is 0.289 e. The minimum Gasteiger partial charge on any atom is -0.318 e. The highest BCUT2D eigenvalue weighted by Crippen LogP contribution is 2.29. The first-order valence-corrected chi connectivity index (χ1v) is 9.75. The Labute approximate surface area is 182 Å². The van der Waals surface area contributed by atoms with E-state index in [9.17, 15) is 10.1 Å². The summed E-state index contributed by atoms with van der Waals surface area (Å²) in [6.45, 7) is 4.22. The Balaban J connectivity index is 1.82. The highest BCUT2D eigenvalue weighted by Gasteiger charge is 2.16. The van der Waals surface area contributed by atoms with Gasteiger partial charge in [-0.25, -0.2) is 0 Å². The van der Waals surface area contributed by atoms with E-state index in [1.165, 1.54) is 12.1 Å². The second-order valence-corrected chi connectivity index (χ2v) is 7.57. The predicted molar refractivity (Wildman–Crippen MR) is 118 cm³/mol. The van der Waals surface area contributed by atoms with Crippen molar-refractivity contribution in [1.82, 2.24) is 9.99 Å². The van der Waals surface area contributed by atoms with Gasteiger partial charge in [-0.3, -0.25) is 10.1 Å². The van der Waals surface area contributed by atoms with E-state index in [1.807, 2.05) is 24.5 Å². The first-order valence-electron chi connectivity index (χ1n) is 8.61. The molecule has 0 aliphatic carbocycles. The summed E-state index contributed by atoms with van der Waals surface area (Å²) in [6.07, 6.45) is 1.69. The van der Waals surface area contributed by atoms with Crippen LogP contribution in [0.5, 0.6) is 0 Å². The van der Waals surface area contributed by atoms with E-state index in [4.69, 9.17) is 34.8 Å². The largest absolute Gasteiger partial charge is 0.318 e. The SMILES string of the molecule is Cc1cc(/C=N\NCc2c(Cl)cccc2Cl)c(C)n1-c1ccc(Cl)c([N+](=O)[O-])c1. The molecule has 6 nitrogen and oxygen atoms in total. The Morgan fingerprint density at radius 3 is 2.45 bits per heavy atom. The van der Waals surface area contributed by atoms with Gasteiger partial charge in [-0.15, -0.1) is 0 Å². The van der Waals surface area contributed by atoms with Gasteiger partial charge in [0.1, 0.15) is 5.02 Å². The van der Waals surface area contributed by atoms with Crippen molar-refractivity contribution in [2.75, 3.05) is 0 Å². The van der Waals surface area contributed by atoms with Crippen molar-refractivity contribution in [3.05, 3.63) is 90.2 Å². The molecule has 1 N–H and O–H groups in total. The molecule has 29 heavy (non-hydrogen) atoms. The van der Waals surface area contributed by atoms with Gasteiger partial charge in [-0.1, -0.05) is 40.9 Å². The van der Waals surface area contributed by atoms with E-state index in [-0.39, 0.29) is 10.7 Å². The molecule has 9 heteroatoms. The summed E-state index contributed by atoms with van der Waals surface area (Å²) in [5, 5.41) is 16.7. The number of benzene rings is 2. The fraction of sp³-hybridized carbons (Fsp3) is 0.150. The first-order chi connectivity index (χ1) is 13.8. The van der Waals surface area contributed by atoms with Gasteiger partial charge in [0.05, 0.1) is 23.4 Å². The van der Waals surface area contributed by atoms with Crippen LogP contribution in [0.1, 0.15) is 22.5 Å². The molecule has 3 rings (SSSR count). The molecule has 0 unspecified atom stereocenters. The second kappa shape index (κ2) is 8.86. The van der Waals surface area contributed by atoms with Gasteiger partial charge < -0.3 is 9.99 Å². The highest BCUT2D eigenvalue weighted by molar-refractivity contribution is 6.36. The van der Waals surface area contributed by atoms with Crippen LogP contribution in [0.4, 0.5) is 5.69 Å². The Morgan fingerprint density at radius 2 is 1.79 bits per heavy atom. The van der Waals surface area contributed by atoms with Crippen LogP contribution in [0, 0.1) is 24.0 Å². The quantitative estimate of drug-likeness (QED) is 0.280. The minimum atomic E-state index is -0.494. The zero-order valence-corrected chi connectivity index (χ0v) is 17.9. The molecule has 0 atom stereocenters. The third-order valence-corrected chi connectivity index (χ3v) is 5.50. The number of nitrogens with zero attached hydrogens (tertiary/aromatic N) is 3. The lowest BCUT2D eigenvalue weighted by molar-refractivity contribution is -0.384. The number of nitro benzene ring substituents is 1. The Morgan fingerprint density at radius 1 is 1.10 bits per heavy atom. The summed E-state index contributed by atoms with van der Waals surface area (Å²) in [7, 11) is 0. The van der Waals surface area contributed by atoms with Crippen molar-refractivity contribution in [2.24, 2.45) is 5.10 Å². The number of halogens is 3. The van der Waals surface area contributed by atoms with Crippen molar-refractivity contribution < 1.29 is 4.92 Å². The lowest BCUT2D eigenvalue weighted by Gasteiger charge is -2.10. The van der Waals surface area contributed by atoms with Gasteiger partial charge in [0.25, 0.3) is 5.69 Å². The summed E-state index contributed by atoms with van der Waals surface area (Å²) in [5.41, 5.74) is 6.91. The van der Waals surface area contributed by atoms with Gasteiger partial charge in [0.2, 0.25) is 0 Å². The standard InChI is InChI=1S/C20H17Cl3N4O2/c1-12-8-14(10-24-25-11-16-17(21)4-3-5-18(16)22)13(2)26(12)15-6-7-19(23)20(9-15)27(28)29/h3-10,25H,11H2,1-2H3/b24-10-. The van der Waals surface area contributed by atoms with Gasteiger partial charge in [-0.2, -0.15) is 5.10 Å². The molecule has 3 aromatic rings. The molecule has 1 heterocycles. The molecule has 0 saturated heterocycles. The molecule has 0 amide bonds. The van der Waals surface area contributed by atoms with Gasteiger partial charge in [0.15, 0.2) is 0 Å². The number of aromatic nitrogens is 1. The number of aryl methyl sites for hydroxylation is 1. The summed E-state index contributed by atoms with van der Waals surface area (Å²) in [4.78, 5) is 10.7. The van der Waals surface area contributed by atoms with Crippen LogP contribution >= 0.6 is 34.8 Å². The van der Waals surface area contributed by atoms with Crippen LogP contribution < -0.4 is 5.43 Å². The van der Waals surface area contributed by atoms with Crippen LogP contribution in [0.25, 0.3) is 5.69 Å². The molecule has 0 aliphatic heterocycles. The molecular weight excluding hydrogens is 435 g/mol. The minimum absolute atomic E-state index is 0.102. The highest BCUT2D eigenvalue weighted by atomic mass is 35.5. The average molecular weight is 452 g/mol. The van der Waals surface area contributed by atoms with Crippen molar-refractivity contribution in [3.63, 3.8) is 0 Å². The lowest BCUT2D eigenvalue weighted by Crippen LogP contribution is -2.07. The van der Waals surface area contributed by atoms with E-state index in [1.54, 1.807) is 30.5 Å². The molecule has 2 aromatic carbocycles. The molecule has 0 saturated carbocycles. The Bertz CT molecular complexity index is 1090. The maximum absolute atomic E-state index is 11.2. The third-order valence-electron chi connectivity index (χ3n) is 4.47. The van der Waals surface area contributed by atoms with Gasteiger partial charge >= 0.3 is 0 Å². The summed E-state index contributed by atoms with van der Waals surface area (Å²) >= 11 is 18.2. The second-order valence-electron chi connectivity index (χ2n) is 6.35. The molecular formula is C20H17Cl3N4O2. The molecule has 0 bridgehead atoms. The van der Waals surface area contributed by atoms with E-state index >= 15 is 0 Å². The van der Waals surface area contributed by atoms with Gasteiger partial charge in [-0.05, 0) is 44.2 Å². The number of rotatable bonds is 6. The van der Waals surface area contributed by atoms with Crippen molar-refractivity contribution >= 4 is 46.7 Å². The van der Waals surface area contributed by atoms with E-state index < -0.39 is 4.92 Å². The first kappa shape index (κ1) is 21.2. The monoisotopic (exact) mass is 450 g/mol. The van der Waals surface area contributed by atoms with E-state index in [0.29, 0.717) is 22.3 Å². The Hall–Kier alpha value is -2.54. The summed E-state index contributed by atoms with van der Waals surface area (Å²) in [5.74, 6) is 0. The number of nitrogens with one attached hydrogen (secondary N) is 1. The number of nitro groups is 1. The molecule has 0 spiro atoms. The number of hydrazone groups is 1. The normalized spacial score (nSPS) is 11.2. The van der Waals surface area contributed by atoms with Crippen LogP contribution in [0.2, 0.25) is 15.1 Å². The third kappa shape index (κ3) is 4.56. The molecule has 0 fully saturated rings. The Kier molecular flexibility index (Phi) is 6.47. The maximum Gasteiger partial charge on any atom is 0.289 e. The number of hydrogen-bond acceptors (Lipinski definition) is 4. The van der Waals surface area contributed by atoms with E-state index in [0.717, 1.165) is 22.5 Å². The summed E-state index contributed by atoms with van der Waals surface area (Å²) < 4.78 is 1.91. The zero-order chi connectivity index (χ0) is 21.1. The molecule has 150 valence electrons. The van der Waals surface area contributed by atoms with E-state index in [2.05, 4.69) is 10.5 Å². The van der Waals surface area contributed by atoms with Crippen LogP contribution in [-0.2, 0) is 6.54 Å². The van der Waals surface area contributed by atoms with Crippen LogP contribution in [0.3, 0.4) is 0 Å². The van der Waals surface area contributed by atoms with Crippen molar-refractivity contribution in [1.29, 1.82) is 0 Å². The zero-order valence-electron chi connectivity index (χ0n) is 15.6. The molecule has 0 aliphatic rings. The lowest BCUT2D eigenvalue weighted by atomic mass is 10.2. The molecule has 0 radical (unpaired) electrons. The topological polar surface area (TPSA) is 72.5 Å². The summed E-state index contributed by atoms with van der Waals surface area (Å²) in [6, 6.07) is 12.0. The number of hydrogen-bond donors (Lipinski definition) is 1. The average Bonchev–Trinajstić information content (AvgIpc) is 2.94. The molecule has 1 aromatic heterocycles. The predicted octanol–water partition coefficient (Wildman–Crippen LogP) is 6.09. The van der Waals surface area contributed by atoms with Crippen molar-refractivity contribution in [2.45, 2.75) is 20.4 Å². The van der Waals surface area contributed by atoms with Crippen molar-refractivity contribution in [3.8, 4) is 5.69 Å². The fourth-order valence-electron chi connectivity index (χ4n) is 3.04. The van der Waals surface area contributed by atoms with Crippen LogP contribution in [0.15, 0.2) is 47.6 Å². The van der Waals surface area contributed by atoms with Crippen LogP contribution in [-0.4, -0.2) is 15.7 Å². The fourth-order valence-corrected chi connectivity index (χ4v) is 3.75. The van der Waals surface area contributed by atoms with Gasteiger partial charge in [0, 0.05) is 38.6 Å². The maximum atomic E-state index is 11.2.